The highest BCUT2D eigenvalue weighted by molar-refractivity contribution is 9.10. The molecule has 0 fully saturated rings. The standard InChI is InChI=1S/C16H16BrNOS/c1-10(18-9-13-8-14(17)11(2)20-13)16-7-12-5-3-4-6-15(12)19-16/h3-8,10,18H,9H2,1-2H3. The van der Waals surface area contributed by atoms with Crippen LogP contribution in [-0.2, 0) is 6.54 Å². The Bertz CT molecular complexity index is 678. The van der Waals surface area contributed by atoms with Crippen molar-refractivity contribution in [3.05, 3.63) is 56.4 Å². The molecule has 0 aliphatic heterocycles. The normalized spacial score (nSPS) is 12.9. The molecule has 0 aliphatic rings. The van der Waals surface area contributed by atoms with Crippen LogP contribution >= 0.6 is 27.3 Å². The van der Waals surface area contributed by atoms with Gasteiger partial charge in [-0.2, -0.15) is 0 Å². The minimum Gasteiger partial charge on any atom is -0.459 e. The predicted molar refractivity (Wildman–Crippen MR) is 88.2 cm³/mol. The lowest BCUT2D eigenvalue weighted by Gasteiger charge is -2.09. The minimum absolute atomic E-state index is 0.198. The van der Waals surface area contributed by atoms with Gasteiger partial charge in [0, 0.05) is 26.2 Å². The fourth-order valence-electron chi connectivity index (χ4n) is 2.18. The number of thiophene rings is 1. The molecule has 0 amide bonds. The van der Waals surface area contributed by atoms with E-state index >= 15 is 0 Å². The molecule has 2 aromatic heterocycles. The molecule has 0 saturated heterocycles. The van der Waals surface area contributed by atoms with Crippen LogP contribution in [0.25, 0.3) is 11.0 Å². The Morgan fingerprint density at radius 2 is 2.10 bits per heavy atom. The molecule has 4 heteroatoms. The lowest BCUT2D eigenvalue weighted by molar-refractivity contribution is 0.452. The number of nitrogens with one attached hydrogen (secondary N) is 1. The van der Waals surface area contributed by atoms with Gasteiger partial charge in [-0.25, -0.2) is 0 Å². The summed E-state index contributed by atoms with van der Waals surface area (Å²) in [6, 6.07) is 12.6. The van der Waals surface area contributed by atoms with Crippen molar-refractivity contribution in [1.82, 2.24) is 5.32 Å². The molecule has 0 spiro atoms. The Kier molecular flexibility index (Phi) is 3.96. The van der Waals surface area contributed by atoms with Gasteiger partial charge in [-0.05, 0) is 48.0 Å². The number of rotatable bonds is 4. The second-order valence-electron chi connectivity index (χ2n) is 4.91. The van der Waals surface area contributed by atoms with E-state index < -0.39 is 0 Å². The molecule has 1 N–H and O–H groups in total. The molecular weight excluding hydrogens is 334 g/mol. The third-order valence-electron chi connectivity index (χ3n) is 3.36. The van der Waals surface area contributed by atoms with Crippen LogP contribution in [0.1, 0.15) is 28.5 Å². The van der Waals surface area contributed by atoms with E-state index in [4.69, 9.17) is 4.42 Å². The molecular formula is C16H16BrNOS. The summed E-state index contributed by atoms with van der Waals surface area (Å²) in [5.41, 5.74) is 0.950. The number of halogens is 1. The van der Waals surface area contributed by atoms with Gasteiger partial charge in [0.05, 0.1) is 6.04 Å². The van der Waals surface area contributed by atoms with Gasteiger partial charge in [0.1, 0.15) is 11.3 Å². The van der Waals surface area contributed by atoms with Crippen LogP contribution in [0.5, 0.6) is 0 Å². The fraction of sp³-hybridized carbons (Fsp3) is 0.250. The van der Waals surface area contributed by atoms with E-state index in [2.05, 4.69) is 53.3 Å². The monoisotopic (exact) mass is 349 g/mol. The van der Waals surface area contributed by atoms with E-state index in [1.54, 1.807) is 0 Å². The fourth-order valence-corrected chi connectivity index (χ4v) is 3.73. The highest BCUT2D eigenvalue weighted by Gasteiger charge is 2.11. The second-order valence-corrected chi connectivity index (χ2v) is 7.10. The SMILES string of the molecule is Cc1sc(CNC(C)c2cc3ccccc3o2)cc1Br. The van der Waals surface area contributed by atoms with E-state index in [-0.39, 0.29) is 6.04 Å². The number of aryl methyl sites for hydroxylation is 1. The lowest BCUT2D eigenvalue weighted by atomic mass is 10.2. The maximum Gasteiger partial charge on any atom is 0.134 e. The Morgan fingerprint density at radius 1 is 1.30 bits per heavy atom. The average molecular weight is 350 g/mol. The van der Waals surface area contributed by atoms with Crippen molar-refractivity contribution in [3.8, 4) is 0 Å². The summed E-state index contributed by atoms with van der Waals surface area (Å²) in [6.07, 6.45) is 0. The van der Waals surface area contributed by atoms with Crippen LogP contribution in [-0.4, -0.2) is 0 Å². The molecule has 0 aliphatic carbocycles. The first-order chi connectivity index (χ1) is 9.63. The van der Waals surface area contributed by atoms with Crippen molar-refractivity contribution in [3.63, 3.8) is 0 Å². The summed E-state index contributed by atoms with van der Waals surface area (Å²) < 4.78 is 7.07. The molecule has 2 nitrogen and oxygen atoms in total. The summed E-state index contributed by atoms with van der Waals surface area (Å²) in [7, 11) is 0. The molecule has 0 bridgehead atoms. The molecule has 104 valence electrons. The number of furan rings is 1. The molecule has 0 saturated carbocycles. The van der Waals surface area contributed by atoms with Gasteiger partial charge in [0.25, 0.3) is 0 Å². The summed E-state index contributed by atoms with van der Waals surface area (Å²) in [5.74, 6) is 0.985. The number of para-hydroxylation sites is 1. The summed E-state index contributed by atoms with van der Waals surface area (Å²) in [5, 5.41) is 4.67. The first-order valence-electron chi connectivity index (χ1n) is 6.60. The van der Waals surface area contributed by atoms with E-state index in [1.165, 1.54) is 14.2 Å². The predicted octanol–water partition coefficient (Wildman–Crippen LogP) is 5.42. The van der Waals surface area contributed by atoms with E-state index in [0.717, 1.165) is 23.3 Å². The van der Waals surface area contributed by atoms with Gasteiger partial charge in [0.15, 0.2) is 0 Å². The molecule has 3 rings (SSSR count). The molecule has 3 aromatic rings. The minimum atomic E-state index is 0.198. The first-order valence-corrected chi connectivity index (χ1v) is 8.21. The van der Waals surface area contributed by atoms with Gasteiger partial charge in [-0.15, -0.1) is 11.3 Å². The van der Waals surface area contributed by atoms with Crippen molar-refractivity contribution in [1.29, 1.82) is 0 Å². The zero-order valence-corrected chi connectivity index (χ0v) is 13.8. The number of hydrogen-bond acceptors (Lipinski definition) is 3. The topological polar surface area (TPSA) is 25.2 Å². The molecule has 20 heavy (non-hydrogen) atoms. The highest BCUT2D eigenvalue weighted by atomic mass is 79.9. The quantitative estimate of drug-likeness (QED) is 0.680. The molecule has 1 aromatic carbocycles. The van der Waals surface area contributed by atoms with Crippen LogP contribution in [0.4, 0.5) is 0 Å². The third-order valence-corrected chi connectivity index (χ3v) is 5.50. The molecule has 2 heterocycles. The smallest absolute Gasteiger partial charge is 0.134 e. The first kappa shape index (κ1) is 13.9. The zero-order chi connectivity index (χ0) is 14.1. The van der Waals surface area contributed by atoms with Crippen LogP contribution in [0, 0.1) is 6.92 Å². The maximum atomic E-state index is 5.88. The van der Waals surface area contributed by atoms with Crippen LogP contribution in [0.3, 0.4) is 0 Å². The Labute approximate surface area is 130 Å². The Morgan fingerprint density at radius 3 is 2.80 bits per heavy atom. The van der Waals surface area contributed by atoms with Crippen molar-refractivity contribution in [2.75, 3.05) is 0 Å². The van der Waals surface area contributed by atoms with Gasteiger partial charge < -0.3 is 9.73 Å². The molecule has 1 unspecified atom stereocenters. The van der Waals surface area contributed by atoms with Crippen molar-refractivity contribution < 1.29 is 4.42 Å². The lowest BCUT2D eigenvalue weighted by Crippen LogP contribution is -2.16. The molecule has 0 radical (unpaired) electrons. The third kappa shape index (κ3) is 2.82. The number of benzene rings is 1. The molecule has 1 atom stereocenters. The van der Waals surface area contributed by atoms with Crippen LogP contribution in [0.15, 0.2) is 45.3 Å². The average Bonchev–Trinajstić information content (AvgIpc) is 3.00. The second kappa shape index (κ2) is 5.72. The highest BCUT2D eigenvalue weighted by Crippen LogP contribution is 2.27. The summed E-state index contributed by atoms with van der Waals surface area (Å²) in [6.45, 7) is 5.11. The Hall–Kier alpha value is -1.10. The van der Waals surface area contributed by atoms with Gasteiger partial charge in [-0.1, -0.05) is 18.2 Å². The summed E-state index contributed by atoms with van der Waals surface area (Å²) in [4.78, 5) is 2.65. The Balaban J connectivity index is 1.70. The zero-order valence-electron chi connectivity index (χ0n) is 11.4. The van der Waals surface area contributed by atoms with Gasteiger partial charge in [0.2, 0.25) is 0 Å². The number of hydrogen-bond donors (Lipinski definition) is 1. The van der Waals surface area contributed by atoms with Gasteiger partial charge in [-0.3, -0.25) is 0 Å². The summed E-state index contributed by atoms with van der Waals surface area (Å²) >= 11 is 5.37. The van der Waals surface area contributed by atoms with Crippen LogP contribution in [0.2, 0.25) is 0 Å². The van der Waals surface area contributed by atoms with E-state index in [1.807, 2.05) is 29.5 Å². The van der Waals surface area contributed by atoms with Crippen molar-refractivity contribution >= 4 is 38.2 Å². The van der Waals surface area contributed by atoms with E-state index in [9.17, 15) is 0 Å². The van der Waals surface area contributed by atoms with Crippen LogP contribution < -0.4 is 5.32 Å². The number of fused-ring (bicyclic) bond motifs is 1. The van der Waals surface area contributed by atoms with Gasteiger partial charge >= 0.3 is 0 Å². The largest absolute Gasteiger partial charge is 0.459 e. The maximum absolute atomic E-state index is 5.88. The van der Waals surface area contributed by atoms with Crippen molar-refractivity contribution in [2.24, 2.45) is 0 Å². The van der Waals surface area contributed by atoms with Crippen molar-refractivity contribution in [2.45, 2.75) is 26.4 Å². The van der Waals surface area contributed by atoms with E-state index in [0.29, 0.717) is 0 Å².